The number of benzene rings is 3. The largest absolute Gasteiger partial charge is 0.456 e. The first-order valence-corrected chi connectivity index (χ1v) is 37.3. The fraction of sp³-hybridized carbons (Fsp3) is 0.603. The third-order valence-corrected chi connectivity index (χ3v) is 33.9. The number of carbonyl (C=O) groups is 5. The monoisotopic (exact) mass is 1150 g/mol. The van der Waals surface area contributed by atoms with Crippen molar-refractivity contribution in [3.63, 3.8) is 0 Å². The molecule has 1 aliphatic heterocycles. The summed E-state index contributed by atoms with van der Waals surface area (Å²) in [5.41, 5.74) is -4.83. The number of hydrogen-bond donors (Lipinski definition) is 2. The Balaban J connectivity index is 1.53. The van der Waals surface area contributed by atoms with Crippen LogP contribution in [0, 0.1) is 16.7 Å². The van der Waals surface area contributed by atoms with E-state index in [-0.39, 0.29) is 30.8 Å². The summed E-state index contributed by atoms with van der Waals surface area (Å²) < 4.78 is 49.5. The van der Waals surface area contributed by atoms with E-state index >= 15 is 14.4 Å². The first-order chi connectivity index (χ1) is 38.0. The topological polar surface area (TPSA) is 182 Å². The van der Waals surface area contributed by atoms with Gasteiger partial charge in [-0.15, -0.1) is 0 Å². The maximum absolute atomic E-state index is 17.3. The van der Waals surface area contributed by atoms with Crippen molar-refractivity contribution in [2.24, 2.45) is 16.7 Å². The van der Waals surface area contributed by atoms with Crippen LogP contribution in [-0.4, -0.2) is 114 Å². The lowest BCUT2D eigenvalue weighted by Gasteiger charge is -2.68. The van der Waals surface area contributed by atoms with E-state index < -0.39 is 119 Å². The van der Waals surface area contributed by atoms with Gasteiger partial charge in [0.1, 0.15) is 30.0 Å². The van der Waals surface area contributed by atoms with Crippen LogP contribution in [0.25, 0.3) is 0 Å². The minimum Gasteiger partial charge on any atom is -0.456 e. The lowest BCUT2D eigenvalue weighted by molar-refractivity contribution is -0.344. The number of amides is 1. The van der Waals surface area contributed by atoms with Crippen LogP contribution in [0.15, 0.2) is 102 Å². The van der Waals surface area contributed by atoms with E-state index in [4.69, 9.17) is 32.2 Å². The Morgan fingerprint density at radius 2 is 1.20 bits per heavy atom. The summed E-state index contributed by atoms with van der Waals surface area (Å²) in [6.07, 6.45) is -7.44. The van der Waals surface area contributed by atoms with Crippen LogP contribution in [0.3, 0.4) is 0 Å². The molecule has 438 valence electrons. The average molecular weight is 1150 g/mol. The fourth-order valence-electron chi connectivity index (χ4n) is 14.1. The Bertz CT molecular complexity index is 2670. The van der Waals surface area contributed by atoms with E-state index in [0.717, 1.165) is 18.1 Å². The molecular weight excluding hydrogens is 1060 g/mol. The number of aliphatic hydroxyl groups is 1. The molecule has 4 aliphatic rings. The van der Waals surface area contributed by atoms with Crippen molar-refractivity contribution < 1.29 is 61.3 Å². The third kappa shape index (κ3) is 11.3. The van der Waals surface area contributed by atoms with Crippen molar-refractivity contribution in [1.82, 2.24) is 5.32 Å². The van der Waals surface area contributed by atoms with E-state index in [2.05, 4.69) is 67.6 Å². The summed E-state index contributed by atoms with van der Waals surface area (Å²) in [5, 5.41) is 17.9. The lowest BCUT2D eigenvalue weighted by Crippen LogP contribution is -2.82. The molecule has 2 N–H and O–H groups in total. The summed E-state index contributed by atoms with van der Waals surface area (Å²) in [5.74, 6) is -4.26. The fourth-order valence-corrected chi connectivity index (χ4v) is 22.5. The molecule has 2 bridgehead atoms. The number of fused-ring (bicyclic) bond motifs is 5. The molecule has 3 aromatic carbocycles. The van der Waals surface area contributed by atoms with Gasteiger partial charge in [0.05, 0.1) is 35.6 Å². The molecule has 2 saturated carbocycles. The normalized spacial score (nSPS) is 28.2. The highest BCUT2D eigenvalue weighted by atomic mass is 28.4. The highest BCUT2D eigenvalue weighted by molar-refractivity contribution is 6.74. The molecule has 17 heteroatoms. The van der Waals surface area contributed by atoms with Crippen LogP contribution in [0.5, 0.6) is 0 Å². The molecule has 1 amide bonds. The Labute approximate surface area is 479 Å². The summed E-state index contributed by atoms with van der Waals surface area (Å²) in [4.78, 5) is 76.5. The SMILES string of the molecule is CC[Si](CC)(CC)O[C@H]1C(=O)[C@]2(C)[C@@H](O[Si](CC)(CC)CC)C[C@H]3OC[C@@]3(OC(C)=O)[C@H]2[C@H](OC(=O)c2ccccc2)[C@]2(O)C[C@H](OC(=O)[C@H](O[Si](CC)(CC)CC)[C@@H](NC(=O)c3ccccc3)c3ccccc3)C(C)=C1C2(C)C. The molecule has 11 atom stereocenters. The third-order valence-electron chi connectivity index (χ3n) is 20.1. The first kappa shape index (κ1) is 63.0. The second kappa shape index (κ2) is 25.1. The van der Waals surface area contributed by atoms with Crippen LogP contribution >= 0.6 is 0 Å². The van der Waals surface area contributed by atoms with Crippen molar-refractivity contribution in [3.8, 4) is 0 Å². The molecule has 0 radical (unpaired) electrons. The smallest absolute Gasteiger partial charge is 0.338 e. The van der Waals surface area contributed by atoms with Crippen LogP contribution < -0.4 is 5.32 Å². The van der Waals surface area contributed by atoms with E-state index in [1.54, 1.807) is 54.6 Å². The maximum Gasteiger partial charge on any atom is 0.338 e. The number of ketones is 1. The predicted octanol–water partition coefficient (Wildman–Crippen LogP) is 12.3. The van der Waals surface area contributed by atoms with Gasteiger partial charge >= 0.3 is 17.9 Å². The van der Waals surface area contributed by atoms with E-state index in [1.807, 2.05) is 64.1 Å². The number of nitrogens with one attached hydrogen (secondary N) is 1. The predicted molar refractivity (Wildman–Crippen MR) is 316 cm³/mol. The number of ether oxygens (including phenoxy) is 4. The maximum atomic E-state index is 17.3. The minimum absolute atomic E-state index is 0.152. The van der Waals surface area contributed by atoms with Crippen molar-refractivity contribution >= 4 is 54.6 Å². The molecule has 3 fully saturated rings. The minimum atomic E-state index is -2.82. The Kier molecular flexibility index (Phi) is 19.8. The first-order valence-electron chi connectivity index (χ1n) is 29.7. The Hall–Kier alpha value is -4.60. The number of hydrogen-bond acceptors (Lipinski definition) is 13. The van der Waals surface area contributed by atoms with Crippen LogP contribution in [0.2, 0.25) is 54.4 Å². The van der Waals surface area contributed by atoms with Crippen LogP contribution in [0.1, 0.15) is 142 Å². The van der Waals surface area contributed by atoms with Gasteiger partial charge in [0.15, 0.2) is 42.4 Å². The quantitative estimate of drug-likeness (QED) is 0.0374. The molecule has 1 heterocycles. The van der Waals surface area contributed by atoms with E-state index in [0.29, 0.717) is 58.5 Å². The number of esters is 3. The Morgan fingerprint density at radius 3 is 1.69 bits per heavy atom. The Morgan fingerprint density at radius 1 is 0.700 bits per heavy atom. The molecular formula is C63H91NO13Si3. The van der Waals surface area contributed by atoms with Crippen molar-refractivity contribution in [2.45, 2.75) is 218 Å². The zero-order valence-corrected chi connectivity index (χ0v) is 53.1. The van der Waals surface area contributed by atoms with Gasteiger partial charge < -0.3 is 42.6 Å². The van der Waals surface area contributed by atoms with Crippen LogP contribution in [0.4, 0.5) is 0 Å². The number of Topliss-reactive ketones (excluding diaryl/α,β-unsaturated/α-hetero) is 1. The molecule has 0 aromatic heterocycles. The van der Waals surface area contributed by atoms with Crippen LogP contribution in [-0.2, 0) is 46.6 Å². The zero-order valence-electron chi connectivity index (χ0n) is 50.1. The van der Waals surface area contributed by atoms with Gasteiger partial charge in [0, 0.05) is 30.7 Å². The second-order valence-electron chi connectivity index (χ2n) is 23.8. The van der Waals surface area contributed by atoms with Crippen molar-refractivity contribution in [1.29, 1.82) is 0 Å². The van der Waals surface area contributed by atoms with Gasteiger partial charge in [-0.05, 0) is 109 Å². The summed E-state index contributed by atoms with van der Waals surface area (Å²) >= 11 is 0. The summed E-state index contributed by atoms with van der Waals surface area (Å²) in [6, 6.07) is 31.8. The second-order valence-corrected chi connectivity index (χ2v) is 37.9. The van der Waals surface area contributed by atoms with Gasteiger partial charge in [0.25, 0.3) is 5.91 Å². The number of rotatable bonds is 24. The molecule has 0 spiro atoms. The van der Waals surface area contributed by atoms with E-state index in [1.165, 1.54) is 6.92 Å². The summed E-state index contributed by atoms with van der Waals surface area (Å²) in [7, 11) is -8.16. The van der Waals surface area contributed by atoms with Gasteiger partial charge in [-0.2, -0.15) is 0 Å². The van der Waals surface area contributed by atoms with Gasteiger partial charge in [0.2, 0.25) is 0 Å². The number of carbonyl (C=O) groups excluding carboxylic acids is 5. The van der Waals surface area contributed by atoms with Crippen molar-refractivity contribution in [2.75, 3.05) is 6.61 Å². The molecule has 7 rings (SSSR count). The molecule has 0 unspecified atom stereocenters. The lowest BCUT2D eigenvalue weighted by atomic mass is 9.44. The molecule has 80 heavy (non-hydrogen) atoms. The molecule has 1 saturated heterocycles. The molecule has 3 aliphatic carbocycles. The van der Waals surface area contributed by atoms with Gasteiger partial charge in [-0.25, -0.2) is 9.59 Å². The summed E-state index contributed by atoms with van der Waals surface area (Å²) in [6.45, 7) is 27.4. The highest BCUT2D eigenvalue weighted by Gasteiger charge is 2.79. The standard InChI is InChI=1S/C63H91NO13Si3/c1-15-78(16-2,17-3)75-48-39-49-62(41-71-49,74-43(11)65)54-56(73-58(68)46-37-31-26-32-38-46)63(70)40-47(42(10)50(60(63,12)13)52(55(66)61(48,54)14)76-79(18-4,19-5)20-6)72-59(69)53(77-80(21-7,22-8)23-9)51(44-33-27-24-28-34-44)64-57(67)45-35-29-25-30-36-45/h24-38,47-49,51-54,56,70H,15-23,39-41H2,1-14H3,(H,64,67)/t47-,48-,49+,51-,52+,53+,54-,56-,61+,62-,63+/m0/s1. The van der Waals surface area contributed by atoms with E-state index in [9.17, 15) is 14.7 Å². The average Bonchev–Trinajstić information content (AvgIpc) is 2.19. The van der Waals surface area contributed by atoms with Crippen molar-refractivity contribution in [3.05, 3.63) is 119 Å². The van der Waals surface area contributed by atoms with Gasteiger partial charge in [-0.3, -0.25) is 14.4 Å². The molecule has 3 aromatic rings. The zero-order chi connectivity index (χ0) is 58.6. The molecule has 14 nitrogen and oxygen atoms in total. The van der Waals surface area contributed by atoms with Gasteiger partial charge in [-0.1, -0.05) is 143 Å². The highest BCUT2D eigenvalue weighted by Crippen LogP contribution is 2.65.